The topological polar surface area (TPSA) is 105 Å². The van der Waals surface area contributed by atoms with Gasteiger partial charge in [0.2, 0.25) is 0 Å². The lowest BCUT2D eigenvalue weighted by atomic mass is 10.2. The highest BCUT2D eigenvalue weighted by molar-refractivity contribution is 9.10. The Morgan fingerprint density at radius 3 is 3.04 bits per heavy atom. The van der Waals surface area contributed by atoms with Crippen LogP contribution in [-0.4, -0.2) is 25.7 Å². The molecule has 9 heteroatoms. The minimum Gasteiger partial charge on any atom is -0.467 e. The van der Waals surface area contributed by atoms with E-state index in [9.17, 15) is 9.59 Å². The summed E-state index contributed by atoms with van der Waals surface area (Å²) in [6.45, 7) is 0.218. The van der Waals surface area contributed by atoms with Gasteiger partial charge in [-0.15, -0.1) is 5.10 Å². The van der Waals surface area contributed by atoms with E-state index >= 15 is 0 Å². The highest BCUT2D eigenvalue weighted by Gasteiger charge is 2.18. The third kappa shape index (κ3) is 2.38. The van der Waals surface area contributed by atoms with Crippen molar-refractivity contribution in [2.45, 2.75) is 6.54 Å². The Labute approximate surface area is 142 Å². The van der Waals surface area contributed by atoms with E-state index in [1.165, 1.54) is 10.8 Å². The summed E-state index contributed by atoms with van der Waals surface area (Å²) in [5.74, 6) is 0.164. The van der Waals surface area contributed by atoms with Crippen LogP contribution in [0.1, 0.15) is 16.2 Å². The Kier molecular flexibility index (Phi) is 3.42. The van der Waals surface area contributed by atoms with E-state index in [-0.39, 0.29) is 17.9 Å². The van der Waals surface area contributed by atoms with Crippen LogP contribution in [0.25, 0.3) is 16.6 Å². The summed E-state index contributed by atoms with van der Waals surface area (Å²) in [5.41, 5.74) is 0.383. The summed E-state index contributed by atoms with van der Waals surface area (Å²) in [4.78, 5) is 28.5. The largest absolute Gasteiger partial charge is 0.467 e. The maximum absolute atomic E-state index is 12.3. The Hall–Kier alpha value is -2.94. The average Bonchev–Trinajstić information content (AvgIpc) is 3.22. The van der Waals surface area contributed by atoms with E-state index < -0.39 is 11.5 Å². The fraction of sp³-hybridized carbons (Fsp3) is 0.0667. The van der Waals surface area contributed by atoms with Crippen molar-refractivity contribution in [2.24, 2.45) is 0 Å². The number of carbonyl (C=O) groups is 1. The number of nitrogens with one attached hydrogen (secondary N) is 2. The van der Waals surface area contributed by atoms with Gasteiger partial charge in [0.05, 0.1) is 23.7 Å². The number of hydrogen-bond donors (Lipinski definition) is 2. The monoisotopic (exact) mass is 387 g/mol. The van der Waals surface area contributed by atoms with E-state index in [0.717, 1.165) is 4.47 Å². The lowest BCUT2D eigenvalue weighted by Gasteiger charge is -2.02. The average molecular weight is 388 g/mol. The quantitative estimate of drug-likeness (QED) is 0.558. The van der Waals surface area contributed by atoms with Crippen LogP contribution in [0.5, 0.6) is 0 Å². The number of hydrogen-bond acceptors (Lipinski definition) is 5. The van der Waals surface area contributed by atoms with Gasteiger partial charge < -0.3 is 9.73 Å². The molecule has 1 amide bonds. The normalized spacial score (nSPS) is 11.2. The SMILES string of the molecule is O=C(NCc1ccco1)c1n[nH]n2c1nc(=O)c1cc(Br)ccc12. The zero-order valence-electron chi connectivity index (χ0n) is 12.1. The van der Waals surface area contributed by atoms with Crippen LogP contribution >= 0.6 is 15.9 Å². The van der Waals surface area contributed by atoms with Gasteiger partial charge in [-0.1, -0.05) is 15.9 Å². The Bertz CT molecular complexity index is 1110. The van der Waals surface area contributed by atoms with Crippen LogP contribution in [0.4, 0.5) is 0 Å². The number of H-pyrrole nitrogens is 1. The minimum absolute atomic E-state index is 0.0449. The molecule has 0 atom stereocenters. The third-order valence-electron chi connectivity index (χ3n) is 3.54. The summed E-state index contributed by atoms with van der Waals surface area (Å²) < 4.78 is 7.43. The van der Waals surface area contributed by atoms with E-state index in [1.807, 2.05) is 0 Å². The molecule has 0 spiro atoms. The number of rotatable bonds is 3. The van der Waals surface area contributed by atoms with Gasteiger partial charge in [-0.2, -0.15) is 4.98 Å². The van der Waals surface area contributed by atoms with Gasteiger partial charge in [-0.25, -0.2) is 9.73 Å². The predicted octanol–water partition coefficient (Wildman–Crippen LogP) is 1.86. The second kappa shape index (κ2) is 5.60. The fourth-order valence-electron chi connectivity index (χ4n) is 2.42. The van der Waals surface area contributed by atoms with Crippen LogP contribution in [0.15, 0.2) is 50.3 Å². The van der Waals surface area contributed by atoms with Crippen LogP contribution in [-0.2, 0) is 6.54 Å². The molecule has 0 aliphatic rings. The molecule has 0 bridgehead atoms. The summed E-state index contributed by atoms with van der Waals surface area (Å²) in [6, 6.07) is 8.70. The molecular formula is C15H10BrN5O3. The molecule has 0 aliphatic heterocycles. The van der Waals surface area contributed by atoms with E-state index in [2.05, 4.69) is 36.5 Å². The molecule has 3 heterocycles. The molecule has 0 aliphatic carbocycles. The highest BCUT2D eigenvalue weighted by atomic mass is 79.9. The summed E-state index contributed by atoms with van der Waals surface area (Å²) in [7, 11) is 0. The van der Waals surface area contributed by atoms with Crippen molar-refractivity contribution >= 4 is 38.4 Å². The smallest absolute Gasteiger partial charge is 0.281 e. The van der Waals surface area contributed by atoms with Crippen molar-refractivity contribution < 1.29 is 9.21 Å². The molecule has 24 heavy (non-hydrogen) atoms. The van der Waals surface area contributed by atoms with E-state index in [0.29, 0.717) is 16.7 Å². The molecule has 0 saturated heterocycles. The molecule has 120 valence electrons. The number of fused-ring (bicyclic) bond motifs is 3. The van der Waals surface area contributed by atoms with Crippen LogP contribution in [0.2, 0.25) is 0 Å². The molecule has 2 N–H and O–H groups in total. The van der Waals surface area contributed by atoms with Crippen LogP contribution in [0.3, 0.4) is 0 Å². The molecular weight excluding hydrogens is 378 g/mol. The standard InChI is InChI=1S/C15H10BrN5O3/c16-8-3-4-11-10(6-8)14(22)18-13-12(19-20-21(11)13)15(23)17-7-9-2-1-5-24-9/h1-6,20H,7H2,(H,17,23). The first-order valence-corrected chi connectivity index (χ1v) is 7.80. The zero-order valence-corrected chi connectivity index (χ0v) is 13.7. The van der Waals surface area contributed by atoms with Crippen molar-refractivity contribution in [3.8, 4) is 0 Å². The van der Waals surface area contributed by atoms with Gasteiger partial charge in [-0.3, -0.25) is 9.59 Å². The van der Waals surface area contributed by atoms with Gasteiger partial charge in [0.25, 0.3) is 11.5 Å². The second-order valence-corrected chi connectivity index (χ2v) is 5.98. The second-order valence-electron chi connectivity index (χ2n) is 5.06. The highest BCUT2D eigenvalue weighted by Crippen LogP contribution is 2.18. The molecule has 8 nitrogen and oxygen atoms in total. The molecule has 0 unspecified atom stereocenters. The molecule has 4 aromatic rings. The number of aromatic nitrogens is 4. The van der Waals surface area contributed by atoms with Gasteiger partial charge >= 0.3 is 0 Å². The Morgan fingerprint density at radius 1 is 1.38 bits per heavy atom. The first-order chi connectivity index (χ1) is 11.6. The predicted molar refractivity (Wildman–Crippen MR) is 88.7 cm³/mol. The third-order valence-corrected chi connectivity index (χ3v) is 4.03. The van der Waals surface area contributed by atoms with Gasteiger partial charge in [0, 0.05) is 4.47 Å². The summed E-state index contributed by atoms with van der Waals surface area (Å²) >= 11 is 3.32. The maximum atomic E-state index is 12.3. The number of furan rings is 1. The summed E-state index contributed by atoms with van der Waals surface area (Å²) in [5, 5.41) is 9.81. The number of halogens is 1. The molecule has 0 radical (unpaired) electrons. The number of nitrogens with zero attached hydrogens (tertiary/aromatic N) is 3. The molecule has 1 aromatic carbocycles. The van der Waals surface area contributed by atoms with Crippen LogP contribution < -0.4 is 10.9 Å². The zero-order chi connectivity index (χ0) is 16.7. The number of aromatic amines is 1. The molecule has 0 fully saturated rings. The number of carbonyl (C=O) groups excluding carboxylic acids is 1. The number of amides is 1. The van der Waals surface area contributed by atoms with Crippen LogP contribution in [0, 0.1) is 0 Å². The van der Waals surface area contributed by atoms with Gasteiger partial charge in [0.1, 0.15) is 5.76 Å². The number of benzene rings is 1. The van der Waals surface area contributed by atoms with Crippen molar-refractivity contribution in [3.63, 3.8) is 0 Å². The van der Waals surface area contributed by atoms with E-state index in [1.54, 1.807) is 30.3 Å². The lowest BCUT2D eigenvalue weighted by Crippen LogP contribution is -2.24. The molecule has 4 rings (SSSR count). The minimum atomic E-state index is -0.450. The summed E-state index contributed by atoms with van der Waals surface area (Å²) in [6.07, 6.45) is 1.52. The fourth-order valence-corrected chi connectivity index (χ4v) is 2.78. The molecule has 3 aromatic heterocycles. The lowest BCUT2D eigenvalue weighted by molar-refractivity contribution is 0.0944. The first kappa shape index (κ1) is 14.6. The first-order valence-electron chi connectivity index (χ1n) is 7.00. The maximum Gasteiger partial charge on any atom is 0.281 e. The van der Waals surface area contributed by atoms with Crippen molar-refractivity contribution in [2.75, 3.05) is 0 Å². The van der Waals surface area contributed by atoms with Gasteiger partial charge in [0.15, 0.2) is 11.3 Å². The van der Waals surface area contributed by atoms with E-state index in [4.69, 9.17) is 4.42 Å². The van der Waals surface area contributed by atoms with Crippen molar-refractivity contribution in [3.05, 3.63) is 62.9 Å². The van der Waals surface area contributed by atoms with Gasteiger partial charge in [-0.05, 0) is 30.3 Å². The molecule has 0 saturated carbocycles. The Morgan fingerprint density at radius 2 is 2.25 bits per heavy atom. The van der Waals surface area contributed by atoms with Crippen molar-refractivity contribution in [1.82, 2.24) is 25.1 Å². The Balaban J connectivity index is 1.77. The van der Waals surface area contributed by atoms with Crippen molar-refractivity contribution in [1.29, 1.82) is 0 Å².